The van der Waals surface area contributed by atoms with Gasteiger partial charge in [0.25, 0.3) is 0 Å². The van der Waals surface area contributed by atoms with E-state index in [-0.39, 0.29) is 0 Å². The van der Waals surface area contributed by atoms with Crippen LogP contribution in [0.15, 0.2) is 152 Å². The molecule has 0 unspecified atom stereocenters. The van der Waals surface area contributed by atoms with Gasteiger partial charge < -0.3 is 0 Å². The van der Waals surface area contributed by atoms with Gasteiger partial charge in [-0.25, -0.2) is 0 Å². The Morgan fingerprint density at radius 2 is 1.15 bits per heavy atom. The van der Waals surface area contributed by atoms with Crippen LogP contribution in [0.4, 0.5) is 0 Å². The van der Waals surface area contributed by atoms with Crippen molar-refractivity contribution in [3.63, 3.8) is 0 Å². The zero-order valence-corrected chi connectivity index (χ0v) is 28.3. The summed E-state index contributed by atoms with van der Waals surface area (Å²) in [6.45, 7) is 3.78. The van der Waals surface area contributed by atoms with Gasteiger partial charge in [-0.3, -0.25) is 15.0 Å². The Kier molecular flexibility index (Phi) is 14.1. The van der Waals surface area contributed by atoms with Gasteiger partial charge in [0, 0.05) is 35.3 Å². The maximum absolute atomic E-state index is 4.89. The Labute approximate surface area is 288 Å². The number of allylic oxidation sites excluding steroid dienone is 2. The van der Waals surface area contributed by atoms with E-state index in [4.69, 9.17) is 9.97 Å². The monoisotopic (exact) mass is 631 g/mol. The lowest BCUT2D eigenvalue weighted by atomic mass is 9.96. The molecule has 0 saturated heterocycles. The van der Waals surface area contributed by atoms with Gasteiger partial charge in [0.1, 0.15) is 0 Å². The average molecular weight is 632 g/mol. The van der Waals surface area contributed by atoms with E-state index in [0.29, 0.717) is 0 Å². The molecular formula is C45H49N3. The fourth-order valence-corrected chi connectivity index (χ4v) is 6.15. The zero-order valence-electron chi connectivity index (χ0n) is 28.3. The number of hydrogen-bond donors (Lipinski definition) is 0. The lowest BCUT2D eigenvalue weighted by Gasteiger charge is -2.12. The molecule has 0 bridgehead atoms. The van der Waals surface area contributed by atoms with E-state index in [0.717, 1.165) is 48.3 Å². The van der Waals surface area contributed by atoms with Crippen LogP contribution in [0.3, 0.4) is 0 Å². The SMILES string of the molecule is C=CN=C(/C=C\CCCCCCc1cnc(-c2ccccc2)cc1CCCCCCc1ccc(-c2ccccc2)nc1)c1ccccc1. The number of pyridine rings is 2. The van der Waals surface area contributed by atoms with Crippen molar-refractivity contribution in [2.45, 2.75) is 77.0 Å². The van der Waals surface area contributed by atoms with Gasteiger partial charge in [0.2, 0.25) is 0 Å². The predicted molar refractivity (Wildman–Crippen MR) is 204 cm³/mol. The van der Waals surface area contributed by atoms with Crippen LogP contribution in [0.2, 0.25) is 0 Å². The van der Waals surface area contributed by atoms with Gasteiger partial charge in [-0.2, -0.15) is 0 Å². The zero-order chi connectivity index (χ0) is 33.1. The minimum Gasteiger partial charge on any atom is -0.257 e. The van der Waals surface area contributed by atoms with E-state index in [2.05, 4.69) is 115 Å². The molecule has 0 amide bonds. The minimum atomic E-state index is 0.968. The Hall–Kier alpha value is -4.89. The number of aryl methyl sites for hydroxylation is 3. The molecule has 0 saturated carbocycles. The van der Waals surface area contributed by atoms with Crippen LogP contribution in [0, 0.1) is 0 Å². The predicted octanol–water partition coefficient (Wildman–Crippen LogP) is 11.8. The summed E-state index contributed by atoms with van der Waals surface area (Å²) in [5, 5.41) is 0. The Morgan fingerprint density at radius 1 is 0.562 bits per heavy atom. The van der Waals surface area contributed by atoms with Crippen molar-refractivity contribution in [1.82, 2.24) is 9.97 Å². The molecule has 0 spiro atoms. The third-order valence-corrected chi connectivity index (χ3v) is 8.85. The third-order valence-electron chi connectivity index (χ3n) is 8.85. The van der Waals surface area contributed by atoms with Gasteiger partial charge in [-0.15, -0.1) is 0 Å². The molecule has 0 aliphatic rings. The summed E-state index contributed by atoms with van der Waals surface area (Å²) < 4.78 is 0. The van der Waals surface area contributed by atoms with Crippen molar-refractivity contribution in [2.75, 3.05) is 0 Å². The van der Waals surface area contributed by atoms with Crippen molar-refractivity contribution in [1.29, 1.82) is 0 Å². The normalized spacial score (nSPS) is 11.6. The Balaban J connectivity index is 1.06. The standard InChI is InChI=1S/C45H49N3/c1-2-46-43(38-23-15-9-16-24-38)31-21-6-4-3-5-14-30-42-36-48-45(40-27-19-11-20-28-40)34-41(42)29-13-8-7-12-22-37-32-33-44(47-35-37)39-25-17-10-18-26-39/h2,9-11,15-21,23-28,31-36H,1,3-8,12-14,22,29-30H2/b31-21-,46-43?. The topological polar surface area (TPSA) is 38.1 Å². The molecule has 5 aromatic rings. The van der Waals surface area contributed by atoms with E-state index >= 15 is 0 Å². The van der Waals surface area contributed by atoms with Crippen molar-refractivity contribution < 1.29 is 0 Å². The summed E-state index contributed by atoms with van der Waals surface area (Å²) in [6.07, 6.45) is 24.3. The van der Waals surface area contributed by atoms with Gasteiger partial charge in [0.15, 0.2) is 0 Å². The number of aliphatic imine (C=N–C) groups is 1. The summed E-state index contributed by atoms with van der Waals surface area (Å²) in [4.78, 5) is 14.0. The largest absolute Gasteiger partial charge is 0.257 e. The molecule has 3 aromatic carbocycles. The minimum absolute atomic E-state index is 0.968. The summed E-state index contributed by atoms with van der Waals surface area (Å²) >= 11 is 0. The highest BCUT2D eigenvalue weighted by Gasteiger charge is 2.08. The Bertz CT molecular complexity index is 1710. The molecular weight excluding hydrogens is 583 g/mol. The van der Waals surface area contributed by atoms with Gasteiger partial charge in [-0.1, -0.05) is 135 Å². The summed E-state index contributed by atoms with van der Waals surface area (Å²) in [5.41, 5.74) is 10.8. The van der Waals surface area contributed by atoms with Gasteiger partial charge >= 0.3 is 0 Å². The lowest BCUT2D eigenvalue weighted by Crippen LogP contribution is -1.99. The number of rotatable bonds is 19. The fourth-order valence-electron chi connectivity index (χ4n) is 6.15. The van der Waals surface area contributed by atoms with Crippen LogP contribution in [0.25, 0.3) is 22.5 Å². The molecule has 48 heavy (non-hydrogen) atoms. The van der Waals surface area contributed by atoms with Crippen molar-refractivity contribution in [3.8, 4) is 22.5 Å². The van der Waals surface area contributed by atoms with Crippen molar-refractivity contribution in [2.24, 2.45) is 4.99 Å². The molecule has 3 heteroatoms. The highest BCUT2D eigenvalue weighted by molar-refractivity contribution is 6.08. The first-order chi connectivity index (χ1) is 23.8. The molecule has 2 aromatic heterocycles. The van der Waals surface area contributed by atoms with Crippen LogP contribution in [0.1, 0.15) is 80.0 Å². The highest BCUT2D eigenvalue weighted by atomic mass is 14.7. The smallest absolute Gasteiger partial charge is 0.0704 e. The second-order valence-corrected chi connectivity index (χ2v) is 12.5. The number of aromatic nitrogens is 2. The molecule has 0 fully saturated rings. The summed E-state index contributed by atoms with van der Waals surface area (Å²) in [6, 6.07) is 38.0. The molecule has 0 N–H and O–H groups in total. The molecule has 2 heterocycles. The van der Waals surface area contributed by atoms with Crippen LogP contribution >= 0.6 is 0 Å². The second-order valence-electron chi connectivity index (χ2n) is 12.5. The lowest BCUT2D eigenvalue weighted by molar-refractivity contribution is 0.629. The molecule has 0 radical (unpaired) electrons. The van der Waals surface area contributed by atoms with E-state index in [1.807, 2.05) is 30.5 Å². The van der Waals surface area contributed by atoms with Crippen LogP contribution in [-0.2, 0) is 19.3 Å². The van der Waals surface area contributed by atoms with E-state index in [1.54, 1.807) is 6.20 Å². The van der Waals surface area contributed by atoms with E-state index in [9.17, 15) is 0 Å². The summed E-state index contributed by atoms with van der Waals surface area (Å²) in [5.74, 6) is 0. The molecule has 3 nitrogen and oxygen atoms in total. The van der Waals surface area contributed by atoms with E-state index < -0.39 is 0 Å². The molecule has 5 rings (SSSR count). The van der Waals surface area contributed by atoms with Gasteiger partial charge in [0.05, 0.1) is 17.1 Å². The molecule has 0 aliphatic carbocycles. The van der Waals surface area contributed by atoms with Crippen LogP contribution in [-0.4, -0.2) is 15.7 Å². The number of nitrogens with zero attached hydrogens (tertiary/aromatic N) is 3. The first-order valence-corrected chi connectivity index (χ1v) is 17.7. The van der Waals surface area contributed by atoms with Crippen LogP contribution in [0.5, 0.6) is 0 Å². The van der Waals surface area contributed by atoms with Crippen molar-refractivity contribution >= 4 is 5.71 Å². The first kappa shape index (κ1) is 34.4. The molecule has 244 valence electrons. The first-order valence-electron chi connectivity index (χ1n) is 17.7. The maximum atomic E-state index is 4.89. The third kappa shape index (κ3) is 11.1. The second kappa shape index (κ2) is 19.7. The molecule has 0 atom stereocenters. The van der Waals surface area contributed by atoms with Crippen LogP contribution < -0.4 is 0 Å². The fraction of sp³-hybridized carbons (Fsp3) is 0.267. The Morgan fingerprint density at radius 3 is 1.79 bits per heavy atom. The number of unbranched alkanes of at least 4 members (excludes halogenated alkanes) is 7. The number of hydrogen-bond acceptors (Lipinski definition) is 3. The van der Waals surface area contributed by atoms with E-state index in [1.165, 1.54) is 79.2 Å². The average Bonchev–Trinajstić information content (AvgIpc) is 3.15. The summed E-state index contributed by atoms with van der Waals surface area (Å²) in [7, 11) is 0. The van der Waals surface area contributed by atoms with Crippen molar-refractivity contribution in [3.05, 3.63) is 169 Å². The molecule has 0 aliphatic heterocycles. The maximum Gasteiger partial charge on any atom is 0.0704 e. The van der Waals surface area contributed by atoms with Gasteiger partial charge in [-0.05, 0) is 86.3 Å². The highest BCUT2D eigenvalue weighted by Crippen LogP contribution is 2.24. The quantitative estimate of drug-likeness (QED) is 0.0672. The number of benzene rings is 3.